The molecule has 1 N–H and O–H groups in total. The number of aliphatic carboxylic acids is 1. The molecule has 0 aliphatic carbocycles. The zero-order valence-electron chi connectivity index (χ0n) is 13.6. The van der Waals surface area contributed by atoms with E-state index in [0.717, 1.165) is 12.8 Å². The van der Waals surface area contributed by atoms with Gasteiger partial charge in [-0.1, -0.05) is 0 Å². The van der Waals surface area contributed by atoms with Crippen molar-refractivity contribution in [3.8, 4) is 11.5 Å². The number of hydrogen-bond acceptors (Lipinski definition) is 4. The summed E-state index contributed by atoms with van der Waals surface area (Å²) in [6, 6.07) is 5.14. The van der Waals surface area contributed by atoms with E-state index in [9.17, 15) is 9.59 Å². The summed E-state index contributed by atoms with van der Waals surface area (Å²) in [4.78, 5) is 25.3. The number of rotatable bonds is 6. The highest BCUT2D eigenvalue weighted by atomic mass is 16.5. The fraction of sp³-hybridized carbons (Fsp3) is 0.529. The molecular formula is C17H23NO5. The SMILES string of the molecule is COc1ccc(C(=O)N2CCC[C@@H](CCC(=O)O)C2)c(OC)c1. The van der Waals surface area contributed by atoms with E-state index in [4.69, 9.17) is 14.6 Å². The van der Waals surface area contributed by atoms with Crippen molar-refractivity contribution >= 4 is 11.9 Å². The molecule has 23 heavy (non-hydrogen) atoms. The van der Waals surface area contributed by atoms with Crippen LogP contribution >= 0.6 is 0 Å². The first kappa shape index (κ1) is 17.1. The second kappa shape index (κ2) is 7.85. The van der Waals surface area contributed by atoms with Gasteiger partial charge < -0.3 is 19.5 Å². The fourth-order valence-corrected chi connectivity index (χ4v) is 2.96. The minimum Gasteiger partial charge on any atom is -0.497 e. The first-order chi connectivity index (χ1) is 11.0. The highest BCUT2D eigenvalue weighted by Gasteiger charge is 2.26. The average Bonchev–Trinajstić information content (AvgIpc) is 2.59. The molecule has 1 saturated heterocycles. The number of amides is 1. The lowest BCUT2D eigenvalue weighted by Gasteiger charge is -2.33. The van der Waals surface area contributed by atoms with Crippen LogP contribution in [0.25, 0.3) is 0 Å². The summed E-state index contributed by atoms with van der Waals surface area (Å²) in [5.41, 5.74) is 0.507. The van der Waals surface area contributed by atoms with Crippen LogP contribution < -0.4 is 9.47 Å². The van der Waals surface area contributed by atoms with E-state index in [0.29, 0.717) is 36.6 Å². The van der Waals surface area contributed by atoms with Crippen molar-refractivity contribution in [2.24, 2.45) is 5.92 Å². The summed E-state index contributed by atoms with van der Waals surface area (Å²) in [5.74, 6) is 0.501. The van der Waals surface area contributed by atoms with Gasteiger partial charge in [0, 0.05) is 25.6 Å². The summed E-state index contributed by atoms with van der Waals surface area (Å²) in [6.07, 6.45) is 2.63. The van der Waals surface area contributed by atoms with Crippen LogP contribution in [0.4, 0.5) is 0 Å². The lowest BCUT2D eigenvalue weighted by Crippen LogP contribution is -2.40. The highest BCUT2D eigenvalue weighted by molar-refractivity contribution is 5.97. The number of benzene rings is 1. The van der Waals surface area contributed by atoms with Crippen molar-refractivity contribution in [3.63, 3.8) is 0 Å². The first-order valence-corrected chi connectivity index (χ1v) is 7.78. The number of hydrogen-bond donors (Lipinski definition) is 1. The number of ether oxygens (including phenoxy) is 2. The molecule has 1 fully saturated rings. The lowest BCUT2D eigenvalue weighted by atomic mass is 9.93. The Hall–Kier alpha value is -2.24. The predicted molar refractivity (Wildman–Crippen MR) is 85.0 cm³/mol. The Morgan fingerprint density at radius 3 is 2.74 bits per heavy atom. The third-order valence-electron chi connectivity index (χ3n) is 4.21. The van der Waals surface area contributed by atoms with Gasteiger partial charge in [-0.3, -0.25) is 9.59 Å². The van der Waals surface area contributed by atoms with Crippen molar-refractivity contribution < 1.29 is 24.2 Å². The molecule has 0 saturated carbocycles. The number of methoxy groups -OCH3 is 2. The third kappa shape index (κ3) is 4.37. The van der Waals surface area contributed by atoms with E-state index >= 15 is 0 Å². The maximum absolute atomic E-state index is 12.8. The minimum atomic E-state index is -0.787. The molecule has 0 unspecified atom stereocenters. The quantitative estimate of drug-likeness (QED) is 0.871. The molecule has 126 valence electrons. The molecule has 1 aliphatic heterocycles. The largest absolute Gasteiger partial charge is 0.497 e. The van der Waals surface area contributed by atoms with Crippen molar-refractivity contribution in [2.45, 2.75) is 25.7 Å². The Bertz CT molecular complexity index is 572. The molecule has 1 aromatic rings. The number of carboxylic acids is 1. The van der Waals surface area contributed by atoms with Crippen molar-refractivity contribution in [2.75, 3.05) is 27.3 Å². The molecule has 0 radical (unpaired) electrons. The second-order valence-corrected chi connectivity index (χ2v) is 5.76. The minimum absolute atomic E-state index is 0.0791. The van der Waals surface area contributed by atoms with E-state index in [-0.39, 0.29) is 18.2 Å². The number of likely N-dealkylation sites (tertiary alicyclic amines) is 1. The number of carbonyl (C=O) groups is 2. The standard InChI is InChI=1S/C17H23NO5/c1-22-13-6-7-14(15(10-13)23-2)17(21)18-9-3-4-12(11-18)5-8-16(19)20/h6-7,10,12H,3-5,8-9,11H2,1-2H3,(H,19,20)/t12-/m0/s1. The number of nitrogens with zero attached hydrogens (tertiary/aromatic N) is 1. The second-order valence-electron chi connectivity index (χ2n) is 5.76. The molecule has 1 heterocycles. The monoisotopic (exact) mass is 321 g/mol. The zero-order chi connectivity index (χ0) is 16.8. The van der Waals surface area contributed by atoms with Crippen LogP contribution in [0.1, 0.15) is 36.0 Å². The average molecular weight is 321 g/mol. The van der Waals surface area contributed by atoms with E-state index in [2.05, 4.69) is 0 Å². The Morgan fingerprint density at radius 1 is 1.30 bits per heavy atom. The van der Waals surface area contributed by atoms with Crippen LogP contribution in [0.15, 0.2) is 18.2 Å². The van der Waals surface area contributed by atoms with Crippen LogP contribution in [0, 0.1) is 5.92 Å². The first-order valence-electron chi connectivity index (χ1n) is 7.78. The molecule has 6 nitrogen and oxygen atoms in total. The Labute approximate surface area is 136 Å². The number of carboxylic acid groups (broad SMARTS) is 1. The topological polar surface area (TPSA) is 76.1 Å². The van der Waals surface area contributed by atoms with Gasteiger partial charge in [-0.25, -0.2) is 0 Å². The molecule has 6 heteroatoms. The predicted octanol–water partition coefficient (Wildman–Crippen LogP) is 2.42. The van der Waals surface area contributed by atoms with Gasteiger partial charge in [-0.05, 0) is 37.3 Å². The van der Waals surface area contributed by atoms with Crippen LogP contribution in [0.2, 0.25) is 0 Å². The number of piperidine rings is 1. The maximum Gasteiger partial charge on any atom is 0.303 e. The van der Waals surface area contributed by atoms with E-state index in [1.54, 1.807) is 30.2 Å². The van der Waals surface area contributed by atoms with E-state index in [1.165, 1.54) is 7.11 Å². The Balaban J connectivity index is 2.08. The number of carbonyl (C=O) groups excluding carboxylic acids is 1. The molecule has 1 amide bonds. The van der Waals surface area contributed by atoms with Gasteiger partial charge in [-0.15, -0.1) is 0 Å². The third-order valence-corrected chi connectivity index (χ3v) is 4.21. The molecule has 1 aliphatic rings. The maximum atomic E-state index is 12.8. The molecule has 0 bridgehead atoms. The van der Waals surface area contributed by atoms with Gasteiger partial charge in [0.1, 0.15) is 11.5 Å². The van der Waals surface area contributed by atoms with Crippen molar-refractivity contribution in [1.29, 1.82) is 0 Å². The van der Waals surface area contributed by atoms with E-state index < -0.39 is 5.97 Å². The Morgan fingerprint density at radius 2 is 2.09 bits per heavy atom. The molecule has 0 aromatic heterocycles. The van der Waals surface area contributed by atoms with Gasteiger partial charge in [0.25, 0.3) is 5.91 Å². The fourth-order valence-electron chi connectivity index (χ4n) is 2.96. The van der Waals surface area contributed by atoms with Crippen LogP contribution in [-0.4, -0.2) is 49.2 Å². The smallest absolute Gasteiger partial charge is 0.303 e. The normalized spacial score (nSPS) is 17.7. The lowest BCUT2D eigenvalue weighted by molar-refractivity contribution is -0.137. The summed E-state index contributed by atoms with van der Waals surface area (Å²) < 4.78 is 10.4. The van der Waals surface area contributed by atoms with Crippen LogP contribution in [0.3, 0.4) is 0 Å². The zero-order valence-corrected chi connectivity index (χ0v) is 13.6. The molecule has 0 spiro atoms. The molecule has 1 aromatic carbocycles. The van der Waals surface area contributed by atoms with Crippen molar-refractivity contribution in [1.82, 2.24) is 4.90 Å². The van der Waals surface area contributed by atoms with Crippen molar-refractivity contribution in [3.05, 3.63) is 23.8 Å². The van der Waals surface area contributed by atoms with Crippen LogP contribution in [0.5, 0.6) is 11.5 Å². The summed E-state index contributed by atoms with van der Waals surface area (Å²) in [7, 11) is 3.09. The van der Waals surface area contributed by atoms with Gasteiger partial charge in [-0.2, -0.15) is 0 Å². The molecule has 2 rings (SSSR count). The van der Waals surface area contributed by atoms with E-state index in [1.807, 2.05) is 0 Å². The molecule has 1 atom stereocenters. The van der Waals surface area contributed by atoms with Gasteiger partial charge in [0.15, 0.2) is 0 Å². The Kier molecular flexibility index (Phi) is 5.84. The molecular weight excluding hydrogens is 298 g/mol. The summed E-state index contributed by atoms with van der Waals surface area (Å²) in [5, 5.41) is 8.81. The highest BCUT2D eigenvalue weighted by Crippen LogP contribution is 2.28. The van der Waals surface area contributed by atoms with Gasteiger partial charge in [0.05, 0.1) is 19.8 Å². The van der Waals surface area contributed by atoms with Gasteiger partial charge in [0.2, 0.25) is 0 Å². The van der Waals surface area contributed by atoms with Gasteiger partial charge >= 0.3 is 5.97 Å². The van der Waals surface area contributed by atoms with Crippen LogP contribution in [-0.2, 0) is 4.79 Å². The summed E-state index contributed by atoms with van der Waals surface area (Å²) >= 11 is 0. The summed E-state index contributed by atoms with van der Waals surface area (Å²) in [6.45, 7) is 1.29.